The number of nitrogens with zero attached hydrogens (tertiary/aromatic N) is 1. The first-order valence-corrected chi connectivity index (χ1v) is 6.05. The molecule has 1 aromatic rings. The highest BCUT2D eigenvalue weighted by atomic mass is 32.2. The summed E-state index contributed by atoms with van der Waals surface area (Å²) in [6, 6.07) is 3.29. The molecule has 0 aliphatic rings. The molecule has 1 rings (SSSR count). The van der Waals surface area contributed by atoms with E-state index >= 15 is 0 Å². The molecule has 0 fully saturated rings. The van der Waals surface area contributed by atoms with Gasteiger partial charge in [0, 0.05) is 6.20 Å². The van der Waals surface area contributed by atoms with Gasteiger partial charge in [-0.15, -0.1) is 0 Å². The number of hydrogen-bond acceptors (Lipinski definition) is 4. The number of nitrogen functional groups attached to an aromatic ring is 1. The van der Waals surface area contributed by atoms with Crippen molar-refractivity contribution < 1.29 is 8.42 Å². The lowest BCUT2D eigenvalue weighted by atomic mass is 10.3. The van der Waals surface area contributed by atoms with Crippen LogP contribution in [-0.2, 0) is 15.6 Å². The van der Waals surface area contributed by atoms with Crippen LogP contribution < -0.4 is 5.73 Å². The molecule has 4 nitrogen and oxygen atoms in total. The summed E-state index contributed by atoms with van der Waals surface area (Å²) in [6.07, 6.45) is 1.50. The molecule has 0 saturated carbocycles. The number of anilines is 1. The molecule has 0 bridgehead atoms. The Balaban J connectivity index is 2.85. The summed E-state index contributed by atoms with van der Waals surface area (Å²) in [7, 11) is -3.04. The molecule has 0 unspecified atom stereocenters. The van der Waals surface area contributed by atoms with Gasteiger partial charge in [-0.25, -0.2) is 13.4 Å². The molecule has 1 heterocycles. The predicted molar refractivity (Wildman–Crippen MR) is 56.4 cm³/mol. The van der Waals surface area contributed by atoms with E-state index in [9.17, 15) is 8.42 Å². The second kappa shape index (κ2) is 3.96. The first-order valence-electron chi connectivity index (χ1n) is 4.34. The van der Waals surface area contributed by atoms with E-state index in [1.807, 2.05) is 0 Å². The summed E-state index contributed by atoms with van der Waals surface area (Å²) < 4.78 is 23.1. The Hall–Kier alpha value is -1.10. The van der Waals surface area contributed by atoms with Crippen LogP contribution >= 0.6 is 0 Å². The maximum absolute atomic E-state index is 11.5. The zero-order valence-corrected chi connectivity index (χ0v) is 9.08. The average molecular weight is 214 g/mol. The van der Waals surface area contributed by atoms with Gasteiger partial charge >= 0.3 is 0 Å². The van der Waals surface area contributed by atoms with Crippen LogP contribution in [0.2, 0.25) is 0 Å². The lowest BCUT2D eigenvalue weighted by molar-refractivity contribution is 0.586. The molecule has 5 heteroatoms. The zero-order chi connectivity index (χ0) is 10.8. The molecule has 0 saturated heterocycles. The Morgan fingerprint density at radius 3 is 2.50 bits per heavy atom. The Morgan fingerprint density at radius 1 is 1.43 bits per heavy atom. The number of sulfone groups is 1. The minimum atomic E-state index is -3.04. The van der Waals surface area contributed by atoms with Crippen molar-refractivity contribution in [3.05, 3.63) is 23.9 Å². The molecule has 1 aromatic heterocycles. The normalized spacial score (nSPS) is 11.9. The van der Waals surface area contributed by atoms with Gasteiger partial charge in [0.15, 0.2) is 9.84 Å². The van der Waals surface area contributed by atoms with Crippen LogP contribution in [-0.4, -0.2) is 18.7 Å². The van der Waals surface area contributed by atoms with Gasteiger partial charge in [-0.05, 0) is 25.5 Å². The quantitative estimate of drug-likeness (QED) is 0.814. The van der Waals surface area contributed by atoms with Crippen molar-refractivity contribution in [3.63, 3.8) is 0 Å². The van der Waals surface area contributed by atoms with Crippen LogP contribution in [0.1, 0.15) is 19.4 Å². The monoisotopic (exact) mass is 214 g/mol. The number of hydrogen-bond donors (Lipinski definition) is 1. The summed E-state index contributed by atoms with van der Waals surface area (Å²) >= 11 is 0. The van der Waals surface area contributed by atoms with Gasteiger partial charge in [0.25, 0.3) is 0 Å². The first-order chi connectivity index (χ1) is 6.42. The summed E-state index contributed by atoms with van der Waals surface area (Å²) in [5, 5.41) is -0.361. The molecule has 0 spiro atoms. The Kier molecular flexibility index (Phi) is 3.10. The highest BCUT2D eigenvalue weighted by Crippen LogP contribution is 2.10. The van der Waals surface area contributed by atoms with Gasteiger partial charge in [-0.1, -0.05) is 6.07 Å². The summed E-state index contributed by atoms with van der Waals surface area (Å²) in [5.41, 5.74) is 6.06. The van der Waals surface area contributed by atoms with Crippen LogP contribution in [0.3, 0.4) is 0 Å². The Morgan fingerprint density at radius 2 is 2.07 bits per heavy atom. The van der Waals surface area contributed by atoms with Crippen LogP contribution in [0.4, 0.5) is 5.82 Å². The molecule has 2 N–H and O–H groups in total. The molecule has 78 valence electrons. The molecular formula is C9H14N2O2S. The third-order valence-corrected chi connectivity index (χ3v) is 4.11. The van der Waals surface area contributed by atoms with Crippen molar-refractivity contribution in [1.82, 2.24) is 4.98 Å². The van der Waals surface area contributed by atoms with Crippen molar-refractivity contribution in [3.8, 4) is 0 Å². The van der Waals surface area contributed by atoms with Gasteiger partial charge < -0.3 is 5.73 Å². The molecule has 0 aliphatic carbocycles. The lowest BCUT2D eigenvalue weighted by Gasteiger charge is -2.06. The van der Waals surface area contributed by atoms with E-state index in [2.05, 4.69) is 4.98 Å². The fourth-order valence-electron chi connectivity index (χ4n) is 0.920. The maximum atomic E-state index is 11.5. The summed E-state index contributed by atoms with van der Waals surface area (Å²) in [6.45, 7) is 3.33. The first kappa shape index (κ1) is 11.0. The van der Waals surface area contributed by atoms with Crippen molar-refractivity contribution in [1.29, 1.82) is 0 Å². The highest BCUT2D eigenvalue weighted by Gasteiger charge is 2.16. The molecular weight excluding hydrogens is 200 g/mol. The van der Waals surface area contributed by atoms with Crippen LogP contribution in [0.25, 0.3) is 0 Å². The van der Waals surface area contributed by atoms with E-state index in [1.54, 1.807) is 26.0 Å². The van der Waals surface area contributed by atoms with Crippen LogP contribution in [0.5, 0.6) is 0 Å². The van der Waals surface area contributed by atoms with Gasteiger partial charge in [-0.2, -0.15) is 0 Å². The molecule has 0 aliphatic heterocycles. The van der Waals surface area contributed by atoms with E-state index in [0.717, 1.165) is 0 Å². The lowest BCUT2D eigenvalue weighted by Crippen LogP contribution is -2.16. The van der Waals surface area contributed by atoms with Crippen molar-refractivity contribution in [2.75, 3.05) is 5.73 Å². The van der Waals surface area contributed by atoms with E-state index in [-0.39, 0.29) is 11.0 Å². The minimum absolute atomic E-state index is 0.0257. The summed E-state index contributed by atoms with van der Waals surface area (Å²) in [4.78, 5) is 3.84. The fourth-order valence-corrected chi connectivity index (χ4v) is 1.89. The predicted octanol–water partition coefficient (Wildman–Crippen LogP) is 0.987. The molecule has 0 radical (unpaired) electrons. The van der Waals surface area contributed by atoms with E-state index < -0.39 is 9.84 Å². The van der Waals surface area contributed by atoms with Gasteiger partial charge in [0.05, 0.1) is 11.0 Å². The van der Waals surface area contributed by atoms with E-state index in [1.165, 1.54) is 6.20 Å². The van der Waals surface area contributed by atoms with Gasteiger partial charge in [0.1, 0.15) is 5.82 Å². The number of aromatic nitrogens is 1. The second-order valence-electron chi connectivity index (χ2n) is 3.45. The molecule has 0 amide bonds. The minimum Gasteiger partial charge on any atom is -0.384 e. The highest BCUT2D eigenvalue weighted by molar-refractivity contribution is 7.91. The van der Waals surface area contributed by atoms with Gasteiger partial charge in [-0.3, -0.25) is 0 Å². The SMILES string of the molecule is CC(C)S(=O)(=O)Cc1ccc(N)nc1. The van der Waals surface area contributed by atoms with Crippen molar-refractivity contribution in [2.24, 2.45) is 0 Å². The molecule has 0 atom stereocenters. The largest absolute Gasteiger partial charge is 0.384 e. The standard InChI is InChI=1S/C9H14N2O2S/c1-7(2)14(12,13)6-8-3-4-9(10)11-5-8/h3-5,7H,6H2,1-2H3,(H2,10,11). The summed E-state index contributed by atoms with van der Waals surface area (Å²) in [5.74, 6) is 0.425. The fraction of sp³-hybridized carbons (Fsp3) is 0.444. The molecule has 0 aromatic carbocycles. The average Bonchev–Trinajstić information content (AvgIpc) is 2.08. The smallest absolute Gasteiger partial charge is 0.156 e. The van der Waals surface area contributed by atoms with Crippen molar-refractivity contribution in [2.45, 2.75) is 24.9 Å². The van der Waals surface area contributed by atoms with Crippen LogP contribution in [0, 0.1) is 0 Å². The Bertz CT molecular complexity index is 395. The molecule has 14 heavy (non-hydrogen) atoms. The topological polar surface area (TPSA) is 73.0 Å². The second-order valence-corrected chi connectivity index (χ2v) is 6.00. The van der Waals surface area contributed by atoms with Crippen molar-refractivity contribution >= 4 is 15.7 Å². The Labute approximate surface area is 84.1 Å². The number of nitrogens with two attached hydrogens (primary N) is 1. The maximum Gasteiger partial charge on any atom is 0.156 e. The number of pyridine rings is 1. The third kappa shape index (κ3) is 2.70. The zero-order valence-electron chi connectivity index (χ0n) is 8.27. The number of rotatable bonds is 3. The van der Waals surface area contributed by atoms with Gasteiger partial charge in [0.2, 0.25) is 0 Å². The van der Waals surface area contributed by atoms with Crippen LogP contribution in [0.15, 0.2) is 18.3 Å². The third-order valence-electron chi connectivity index (χ3n) is 1.93. The van der Waals surface area contributed by atoms with E-state index in [0.29, 0.717) is 11.4 Å². The van der Waals surface area contributed by atoms with E-state index in [4.69, 9.17) is 5.73 Å².